The fraction of sp³-hybridized carbons (Fsp3) is 0.571. The first-order valence-electron chi connectivity index (χ1n) is 10.6. The van der Waals surface area contributed by atoms with Crippen molar-refractivity contribution in [2.24, 2.45) is 5.92 Å². The largest absolute Gasteiger partial charge is 0.381 e. The summed E-state index contributed by atoms with van der Waals surface area (Å²) < 4.78 is 7.04. The van der Waals surface area contributed by atoms with Crippen LogP contribution in [0, 0.1) is 5.92 Å². The van der Waals surface area contributed by atoms with Gasteiger partial charge in [-0.3, -0.25) is 9.59 Å². The smallest absolute Gasteiger partial charge is 0.254 e. The molecule has 2 aliphatic rings. The highest BCUT2D eigenvalue weighted by Crippen LogP contribution is 2.56. The number of tetrazole rings is 1. The van der Waals surface area contributed by atoms with Crippen molar-refractivity contribution in [2.75, 3.05) is 13.2 Å². The first kappa shape index (κ1) is 22.6. The number of likely N-dealkylation sites (tertiary alicyclic amines) is 1. The number of benzene rings is 1. The minimum atomic E-state index is -1.31. The molecule has 0 unspecified atom stereocenters. The molecule has 1 aliphatic carbocycles. The number of halogens is 1. The Balaban J connectivity index is 1.45. The standard InChI is InChI=1S/C21H27ClN6O4/c1-20(2,3)32-11-17(29)18(30)27-7-6-14-9-21(14,27)19(31)23-10-13-8-15(22)4-5-16(13)28-12-24-25-26-28/h4-5,8,12,14,17,29H,6-7,9-11H2,1-3H3,(H,23,31)/t14-,17-,21+/m1/s1. The van der Waals surface area contributed by atoms with Crippen molar-refractivity contribution in [1.29, 1.82) is 0 Å². The van der Waals surface area contributed by atoms with Crippen molar-refractivity contribution >= 4 is 23.4 Å². The lowest BCUT2D eigenvalue weighted by Gasteiger charge is -2.30. The molecule has 172 valence electrons. The maximum Gasteiger partial charge on any atom is 0.254 e. The SMILES string of the molecule is CC(C)(C)OC[C@@H](O)C(=O)N1CC[C@@H]2C[C@@]21C(=O)NCc1cc(Cl)ccc1-n1cnnn1. The Bertz CT molecular complexity index is 1010. The molecule has 11 heteroatoms. The average Bonchev–Trinajstić information content (AvgIpc) is 3.09. The lowest BCUT2D eigenvalue weighted by molar-refractivity contribution is -0.152. The van der Waals surface area contributed by atoms with Gasteiger partial charge in [0.25, 0.3) is 5.91 Å². The summed E-state index contributed by atoms with van der Waals surface area (Å²) in [5.41, 5.74) is 0.0466. The zero-order chi connectivity index (χ0) is 23.1. The molecule has 0 spiro atoms. The number of aromatic nitrogens is 4. The molecule has 2 fully saturated rings. The van der Waals surface area contributed by atoms with Crippen molar-refractivity contribution in [3.8, 4) is 5.69 Å². The lowest BCUT2D eigenvalue weighted by atomic mass is 10.1. The number of amides is 2. The van der Waals surface area contributed by atoms with E-state index in [4.69, 9.17) is 16.3 Å². The Morgan fingerprint density at radius 1 is 1.41 bits per heavy atom. The molecular weight excluding hydrogens is 436 g/mol. The van der Waals surface area contributed by atoms with E-state index in [2.05, 4.69) is 20.8 Å². The van der Waals surface area contributed by atoms with Gasteiger partial charge in [0, 0.05) is 18.1 Å². The highest BCUT2D eigenvalue weighted by molar-refractivity contribution is 6.30. The van der Waals surface area contributed by atoms with Gasteiger partial charge in [0.1, 0.15) is 11.9 Å². The first-order valence-corrected chi connectivity index (χ1v) is 10.9. The summed E-state index contributed by atoms with van der Waals surface area (Å²) in [6.45, 7) is 6.08. The Hall–Kier alpha value is -2.56. The van der Waals surface area contributed by atoms with Gasteiger partial charge in [-0.2, -0.15) is 0 Å². The van der Waals surface area contributed by atoms with E-state index in [1.165, 1.54) is 15.9 Å². The quantitative estimate of drug-likeness (QED) is 0.631. The number of aliphatic hydroxyl groups is 1. The first-order chi connectivity index (χ1) is 15.1. The highest BCUT2D eigenvalue weighted by atomic mass is 35.5. The molecule has 4 rings (SSSR count). The monoisotopic (exact) mass is 462 g/mol. The van der Waals surface area contributed by atoms with Gasteiger partial charge >= 0.3 is 0 Å². The molecular formula is C21H27ClN6O4. The van der Waals surface area contributed by atoms with E-state index < -0.39 is 23.2 Å². The Morgan fingerprint density at radius 3 is 2.84 bits per heavy atom. The third-order valence-corrected chi connectivity index (χ3v) is 6.19. The van der Waals surface area contributed by atoms with Gasteiger partial charge in [0.2, 0.25) is 5.91 Å². The van der Waals surface area contributed by atoms with E-state index >= 15 is 0 Å². The molecule has 1 aliphatic heterocycles. The van der Waals surface area contributed by atoms with Gasteiger partial charge in [0.05, 0.1) is 17.9 Å². The molecule has 0 radical (unpaired) electrons. The summed E-state index contributed by atoms with van der Waals surface area (Å²) in [4.78, 5) is 27.6. The third kappa shape index (κ3) is 4.35. The van der Waals surface area contributed by atoms with Crippen molar-refractivity contribution < 1.29 is 19.4 Å². The number of nitrogens with one attached hydrogen (secondary N) is 1. The second-order valence-corrected chi connectivity index (χ2v) is 9.69. The molecule has 0 bridgehead atoms. The number of hydrogen-bond donors (Lipinski definition) is 2. The van der Waals surface area contributed by atoms with E-state index in [0.29, 0.717) is 23.7 Å². The van der Waals surface area contributed by atoms with Crippen LogP contribution in [0.3, 0.4) is 0 Å². The van der Waals surface area contributed by atoms with E-state index in [9.17, 15) is 14.7 Å². The van der Waals surface area contributed by atoms with Crippen LogP contribution in [0.4, 0.5) is 0 Å². The van der Waals surface area contributed by atoms with Crippen LogP contribution in [0.5, 0.6) is 0 Å². The number of fused-ring (bicyclic) bond motifs is 1. The van der Waals surface area contributed by atoms with Crippen LogP contribution in [0.2, 0.25) is 5.02 Å². The molecule has 2 N–H and O–H groups in total. The van der Waals surface area contributed by atoms with E-state index in [1.807, 2.05) is 20.8 Å². The minimum absolute atomic E-state index is 0.0977. The number of ether oxygens (including phenoxy) is 1. The van der Waals surface area contributed by atoms with Crippen LogP contribution >= 0.6 is 11.6 Å². The second-order valence-electron chi connectivity index (χ2n) is 9.25. The topological polar surface area (TPSA) is 122 Å². The van der Waals surface area contributed by atoms with Gasteiger partial charge in [-0.25, -0.2) is 4.68 Å². The maximum atomic E-state index is 13.2. The molecule has 10 nitrogen and oxygen atoms in total. The number of piperidine rings is 1. The van der Waals surface area contributed by atoms with Gasteiger partial charge < -0.3 is 20.1 Å². The Kier molecular flexibility index (Phi) is 5.95. The fourth-order valence-electron chi connectivity index (χ4n) is 4.28. The van der Waals surface area contributed by atoms with Gasteiger partial charge in [-0.15, -0.1) is 5.10 Å². The van der Waals surface area contributed by atoms with Gasteiger partial charge in [0.15, 0.2) is 6.10 Å². The highest BCUT2D eigenvalue weighted by Gasteiger charge is 2.68. The predicted molar refractivity (Wildman–Crippen MR) is 115 cm³/mol. The van der Waals surface area contributed by atoms with Crippen LogP contribution in [0.15, 0.2) is 24.5 Å². The second kappa shape index (κ2) is 8.42. The number of aliphatic hydroxyl groups excluding tert-OH is 1. The lowest BCUT2D eigenvalue weighted by Crippen LogP contribution is -2.53. The van der Waals surface area contributed by atoms with Crippen LogP contribution < -0.4 is 5.32 Å². The summed E-state index contributed by atoms with van der Waals surface area (Å²) in [6.07, 6.45) is 1.48. The molecule has 2 aromatic rings. The number of carbonyl (C=O) groups excluding carboxylic acids is 2. The van der Waals surface area contributed by atoms with Crippen LogP contribution in [-0.4, -0.2) is 72.4 Å². The zero-order valence-electron chi connectivity index (χ0n) is 18.3. The molecule has 1 saturated carbocycles. The Morgan fingerprint density at radius 2 is 2.19 bits per heavy atom. The summed E-state index contributed by atoms with van der Waals surface area (Å²) in [5.74, 6) is -0.609. The summed E-state index contributed by atoms with van der Waals surface area (Å²) in [7, 11) is 0. The molecule has 32 heavy (non-hydrogen) atoms. The van der Waals surface area contributed by atoms with Crippen LogP contribution in [0.25, 0.3) is 5.69 Å². The van der Waals surface area contributed by atoms with Crippen molar-refractivity contribution in [3.05, 3.63) is 35.1 Å². The minimum Gasteiger partial charge on any atom is -0.381 e. The van der Waals surface area contributed by atoms with Crippen molar-refractivity contribution in [2.45, 2.75) is 57.4 Å². The fourth-order valence-corrected chi connectivity index (χ4v) is 4.47. The average molecular weight is 463 g/mol. The molecule has 2 amide bonds. The van der Waals surface area contributed by atoms with Gasteiger partial charge in [-0.05, 0) is 73.7 Å². The van der Waals surface area contributed by atoms with Crippen LogP contribution in [0.1, 0.15) is 39.2 Å². The summed E-state index contributed by atoms with van der Waals surface area (Å²) in [6, 6.07) is 5.24. The number of hydrogen-bond acceptors (Lipinski definition) is 7. The molecule has 3 atom stereocenters. The maximum absolute atomic E-state index is 13.2. The Labute approximate surface area is 190 Å². The van der Waals surface area contributed by atoms with Gasteiger partial charge in [-0.1, -0.05) is 11.6 Å². The van der Waals surface area contributed by atoms with E-state index in [1.54, 1.807) is 18.2 Å². The number of nitrogens with zero attached hydrogens (tertiary/aromatic N) is 5. The molecule has 1 saturated heterocycles. The molecule has 2 heterocycles. The molecule has 1 aromatic heterocycles. The summed E-state index contributed by atoms with van der Waals surface area (Å²) in [5, 5.41) is 25.0. The predicted octanol–water partition coefficient (Wildman–Crippen LogP) is 1.10. The normalized spacial score (nSPS) is 23.0. The third-order valence-electron chi connectivity index (χ3n) is 5.95. The van der Waals surface area contributed by atoms with E-state index in [0.717, 1.165) is 12.0 Å². The molecule has 1 aromatic carbocycles. The van der Waals surface area contributed by atoms with Crippen molar-refractivity contribution in [3.63, 3.8) is 0 Å². The number of rotatable bonds is 7. The van der Waals surface area contributed by atoms with Crippen molar-refractivity contribution in [1.82, 2.24) is 30.4 Å². The zero-order valence-corrected chi connectivity index (χ0v) is 19.0. The van der Waals surface area contributed by atoms with E-state index in [-0.39, 0.29) is 25.0 Å². The number of carbonyl (C=O) groups is 2. The summed E-state index contributed by atoms with van der Waals surface area (Å²) >= 11 is 6.15. The van der Waals surface area contributed by atoms with Crippen LogP contribution in [-0.2, 0) is 20.9 Å².